The quantitative estimate of drug-likeness (QED) is 0.628. The zero-order valence-corrected chi connectivity index (χ0v) is 14.3. The second-order valence-electron chi connectivity index (χ2n) is 5.11. The number of pyridine rings is 1. The topological polar surface area (TPSA) is 64.8 Å². The molecule has 0 bridgehead atoms. The van der Waals surface area contributed by atoms with Gasteiger partial charge in [-0.3, -0.25) is 0 Å². The van der Waals surface area contributed by atoms with Crippen molar-refractivity contribution < 1.29 is 17.2 Å². The molecule has 0 aliphatic rings. The Morgan fingerprint density at radius 2 is 1.84 bits per heavy atom. The van der Waals surface area contributed by atoms with Gasteiger partial charge in [0.25, 0.3) is 6.43 Å². The standard InChI is InChI=1S/C16H12ClF2N3O2S/c17-10-25(23,24)12-6-7-15(20-9-12)22-14(8-13(21-22)16(18)19)11-4-2-1-3-5-11/h1-9,16H,10H2. The number of rotatable bonds is 5. The molecule has 5 nitrogen and oxygen atoms in total. The number of halogens is 3. The van der Waals surface area contributed by atoms with Gasteiger partial charge in [0.2, 0.25) is 0 Å². The van der Waals surface area contributed by atoms with E-state index >= 15 is 0 Å². The molecule has 0 aliphatic carbocycles. The molecular weight excluding hydrogens is 372 g/mol. The highest BCUT2D eigenvalue weighted by Gasteiger charge is 2.19. The SMILES string of the molecule is O=S(=O)(CCl)c1ccc(-n2nc(C(F)F)cc2-c2ccccc2)nc1. The number of nitrogens with zero attached hydrogens (tertiary/aromatic N) is 3. The molecule has 2 aromatic heterocycles. The summed E-state index contributed by atoms with van der Waals surface area (Å²) < 4.78 is 50.9. The lowest BCUT2D eigenvalue weighted by atomic mass is 10.1. The van der Waals surface area contributed by atoms with Gasteiger partial charge in [0.15, 0.2) is 15.7 Å². The molecule has 0 atom stereocenters. The lowest BCUT2D eigenvalue weighted by molar-refractivity contribution is 0.145. The first-order chi connectivity index (χ1) is 11.9. The number of alkyl halides is 3. The smallest absolute Gasteiger partial charge is 0.236 e. The van der Waals surface area contributed by atoms with Crippen molar-refractivity contribution in [3.63, 3.8) is 0 Å². The van der Waals surface area contributed by atoms with E-state index in [9.17, 15) is 17.2 Å². The van der Waals surface area contributed by atoms with Gasteiger partial charge in [0, 0.05) is 11.8 Å². The maximum absolute atomic E-state index is 13.1. The number of sulfone groups is 1. The van der Waals surface area contributed by atoms with Gasteiger partial charge in [-0.1, -0.05) is 30.3 Å². The van der Waals surface area contributed by atoms with E-state index in [1.165, 1.54) is 22.9 Å². The van der Waals surface area contributed by atoms with Crippen LogP contribution in [0.25, 0.3) is 17.1 Å². The number of aromatic nitrogens is 3. The Balaban J connectivity index is 2.10. The van der Waals surface area contributed by atoms with Gasteiger partial charge >= 0.3 is 0 Å². The van der Waals surface area contributed by atoms with Crippen LogP contribution in [-0.4, -0.2) is 28.4 Å². The van der Waals surface area contributed by atoms with E-state index in [1.54, 1.807) is 24.3 Å². The molecule has 0 saturated carbocycles. The molecule has 130 valence electrons. The van der Waals surface area contributed by atoms with Crippen LogP contribution in [0.3, 0.4) is 0 Å². The van der Waals surface area contributed by atoms with Crippen LogP contribution in [0.1, 0.15) is 12.1 Å². The molecule has 0 N–H and O–H groups in total. The Morgan fingerprint density at radius 3 is 2.40 bits per heavy atom. The van der Waals surface area contributed by atoms with Gasteiger partial charge in [-0.05, 0) is 18.2 Å². The minimum atomic E-state index is -3.61. The average Bonchev–Trinajstić information content (AvgIpc) is 3.08. The summed E-state index contributed by atoms with van der Waals surface area (Å²) in [7, 11) is -3.61. The van der Waals surface area contributed by atoms with Crippen LogP contribution in [-0.2, 0) is 9.84 Å². The highest BCUT2D eigenvalue weighted by molar-refractivity contribution is 7.92. The molecule has 0 radical (unpaired) electrons. The predicted molar refractivity (Wildman–Crippen MR) is 89.7 cm³/mol. The van der Waals surface area contributed by atoms with Gasteiger partial charge in [0.05, 0.1) is 10.6 Å². The Morgan fingerprint density at radius 1 is 1.12 bits per heavy atom. The minimum Gasteiger partial charge on any atom is -0.236 e. The van der Waals surface area contributed by atoms with E-state index in [1.807, 2.05) is 6.07 Å². The van der Waals surface area contributed by atoms with Crippen molar-refractivity contribution in [1.82, 2.24) is 14.8 Å². The lowest BCUT2D eigenvalue weighted by Crippen LogP contribution is -2.06. The minimum absolute atomic E-state index is 0.0475. The summed E-state index contributed by atoms with van der Waals surface area (Å²) in [5.41, 5.74) is 0.718. The van der Waals surface area contributed by atoms with E-state index < -0.39 is 27.2 Å². The highest BCUT2D eigenvalue weighted by Crippen LogP contribution is 2.27. The summed E-state index contributed by atoms with van der Waals surface area (Å²) in [6.07, 6.45) is -1.61. The second-order valence-corrected chi connectivity index (χ2v) is 7.68. The van der Waals surface area contributed by atoms with E-state index in [2.05, 4.69) is 10.1 Å². The normalized spacial score (nSPS) is 11.8. The summed E-state index contributed by atoms with van der Waals surface area (Å²) in [5.74, 6) is 0.222. The Bertz CT molecular complexity index is 974. The van der Waals surface area contributed by atoms with E-state index in [-0.39, 0.29) is 10.7 Å². The van der Waals surface area contributed by atoms with E-state index in [0.29, 0.717) is 11.3 Å². The third kappa shape index (κ3) is 3.54. The van der Waals surface area contributed by atoms with Crippen LogP contribution in [0.5, 0.6) is 0 Å². The zero-order chi connectivity index (χ0) is 18.0. The molecule has 25 heavy (non-hydrogen) atoms. The van der Waals surface area contributed by atoms with E-state index in [0.717, 1.165) is 6.20 Å². The van der Waals surface area contributed by atoms with Gasteiger partial charge < -0.3 is 0 Å². The van der Waals surface area contributed by atoms with Crippen molar-refractivity contribution in [3.05, 3.63) is 60.4 Å². The largest absolute Gasteiger partial charge is 0.282 e. The number of hydrogen-bond donors (Lipinski definition) is 0. The zero-order valence-electron chi connectivity index (χ0n) is 12.7. The lowest BCUT2D eigenvalue weighted by Gasteiger charge is -2.07. The molecule has 9 heteroatoms. The van der Waals surface area contributed by atoms with Crippen LogP contribution < -0.4 is 0 Å². The fourth-order valence-electron chi connectivity index (χ4n) is 2.24. The molecule has 0 saturated heterocycles. The van der Waals surface area contributed by atoms with Crippen molar-refractivity contribution in [1.29, 1.82) is 0 Å². The Kier molecular flexibility index (Phi) is 4.82. The molecule has 2 heterocycles. The summed E-state index contributed by atoms with van der Waals surface area (Å²) in [6, 6.07) is 12.9. The Hall–Kier alpha value is -2.32. The highest BCUT2D eigenvalue weighted by atomic mass is 35.5. The predicted octanol–water partition coefficient (Wildman–Crippen LogP) is 3.84. The molecule has 3 aromatic rings. The molecule has 0 unspecified atom stereocenters. The maximum atomic E-state index is 13.1. The number of benzene rings is 1. The van der Waals surface area contributed by atoms with Gasteiger partial charge in [-0.25, -0.2) is 26.9 Å². The van der Waals surface area contributed by atoms with Crippen molar-refractivity contribution in [2.24, 2.45) is 0 Å². The molecule has 0 fully saturated rings. The van der Waals surface area contributed by atoms with Crippen molar-refractivity contribution in [2.45, 2.75) is 11.3 Å². The molecule has 0 aliphatic heterocycles. The average molecular weight is 384 g/mol. The fourth-order valence-corrected chi connectivity index (χ4v) is 3.23. The third-order valence-electron chi connectivity index (χ3n) is 3.46. The van der Waals surface area contributed by atoms with Gasteiger partial charge in [-0.2, -0.15) is 5.10 Å². The maximum Gasteiger partial charge on any atom is 0.282 e. The van der Waals surface area contributed by atoms with Crippen molar-refractivity contribution >= 4 is 21.4 Å². The Labute approximate surface area is 147 Å². The fraction of sp³-hybridized carbons (Fsp3) is 0.125. The molecule has 3 rings (SSSR count). The molecular formula is C16H12ClF2N3O2S. The van der Waals surface area contributed by atoms with Crippen LogP contribution in [0, 0.1) is 0 Å². The molecule has 1 aromatic carbocycles. The molecule has 0 spiro atoms. The van der Waals surface area contributed by atoms with Crippen molar-refractivity contribution in [3.8, 4) is 17.1 Å². The monoisotopic (exact) mass is 383 g/mol. The third-order valence-corrected chi connectivity index (χ3v) is 5.57. The summed E-state index contributed by atoms with van der Waals surface area (Å²) in [4.78, 5) is 3.99. The summed E-state index contributed by atoms with van der Waals surface area (Å²) >= 11 is 5.41. The summed E-state index contributed by atoms with van der Waals surface area (Å²) in [5, 5.41) is 3.33. The van der Waals surface area contributed by atoms with Crippen LogP contribution in [0.4, 0.5) is 8.78 Å². The van der Waals surface area contributed by atoms with Crippen LogP contribution in [0.15, 0.2) is 59.6 Å². The second kappa shape index (κ2) is 6.89. The van der Waals surface area contributed by atoms with Gasteiger partial charge in [0.1, 0.15) is 10.9 Å². The van der Waals surface area contributed by atoms with Crippen molar-refractivity contribution in [2.75, 3.05) is 5.21 Å². The first-order valence-corrected chi connectivity index (χ1v) is 9.30. The number of hydrogen-bond acceptors (Lipinski definition) is 4. The van der Waals surface area contributed by atoms with E-state index in [4.69, 9.17) is 11.6 Å². The van der Waals surface area contributed by atoms with Crippen LogP contribution >= 0.6 is 11.6 Å². The van der Waals surface area contributed by atoms with Gasteiger partial charge in [-0.15, -0.1) is 11.6 Å². The summed E-state index contributed by atoms with van der Waals surface area (Å²) in [6.45, 7) is 0. The first kappa shape index (κ1) is 17.5. The first-order valence-electron chi connectivity index (χ1n) is 7.11. The van der Waals surface area contributed by atoms with Crippen LogP contribution in [0.2, 0.25) is 0 Å². The molecule has 0 amide bonds.